The molecule has 168 valence electrons. The number of hydrogen-bond acceptors (Lipinski definition) is 4. The summed E-state index contributed by atoms with van der Waals surface area (Å²) in [5.41, 5.74) is 4.22. The molecular formula is C24H33N3O3S. The molecule has 1 saturated heterocycles. The topological polar surface area (TPSA) is 69.7 Å². The minimum Gasteiger partial charge on any atom is -0.351 e. The summed E-state index contributed by atoms with van der Waals surface area (Å²) in [6, 6.07) is 13.1. The molecule has 0 aliphatic carbocycles. The number of nitrogens with one attached hydrogen (secondary N) is 1. The van der Waals surface area contributed by atoms with Gasteiger partial charge in [-0.3, -0.25) is 9.69 Å². The van der Waals surface area contributed by atoms with Gasteiger partial charge in [-0.2, -0.15) is 4.31 Å². The van der Waals surface area contributed by atoms with Crippen molar-refractivity contribution in [3.8, 4) is 0 Å². The number of rotatable bonds is 8. The average Bonchev–Trinajstić information content (AvgIpc) is 2.75. The molecule has 0 spiro atoms. The fourth-order valence-electron chi connectivity index (χ4n) is 3.83. The van der Waals surface area contributed by atoms with Gasteiger partial charge in [0.25, 0.3) is 0 Å². The van der Waals surface area contributed by atoms with Gasteiger partial charge < -0.3 is 5.32 Å². The van der Waals surface area contributed by atoms with E-state index in [1.54, 1.807) is 18.2 Å². The number of nitrogens with zero attached hydrogens (tertiary/aromatic N) is 2. The molecule has 0 radical (unpaired) electrons. The van der Waals surface area contributed by atoms with Crippen molar-refractivity contribution in [1.82, 2.24) is 14.5 Å². The van der Waals surface area contributed by atoms with Crippen LogP contribution in [-0.2, 0) is 27.9 Å². The van der Waals surface area contributed by atoms with Gasteiger partial charge in [-0.15, -0.1) is 0 Å². The lowest BCUT2D eigenvalue weighted by atomic mass is 10.0. The highest BCUT2D eigenvalue weighted by Crippen LogP contribution is 2.19. The monoisotopic (exact) mass is 443 g/mol. The third kappa shape index (κ3) is 6.15. The van der Waals surface area contributed by atoms with E-state index in [0.29, 0.717) is 6.54 Å². The van der Waals surface area contributed by atoms with E-state index >= 15 is 0 Å². The summed E-state index contributed by atoms with van der Waals surface area (Å²) in [6.45, 7) is 7.09. The van der Waals surface area contributed by atoms with Gasteiger partial charge in [0.05, 0.1) is 11.4 Å². The highest BCUT2D eigenvalue weighted by molar-refractivity contribution is 7.89. The molecule has 2 aromatic rings. The van der Waals surface area contributed by atoms with Gasteiger partial charge in [0.2, 0.25) is 15.9 Å². The largest absolute Gasteiger partial charge is 0.351 e. The first-order chi connectivity index (χ1) is 14.8. The molecule has 0 unspecified atom stereocenters. The maximum absolute atomic E-state index is 12.8. The van der Waals surface area contributed by atoms with Crippen molar-refractivity contribution in [1.29, 1.82) is 0 Å². The zero-order chi connectivity index (χ0) is 22.4. The number of likely N-dealkylation sites (N-methyl/N-ethyl adjacent to an activating group) is 1. The molecular weight excluding hydrogens is 410 g/mol. The van der Waals surface area contributed by atoms with E-state index in [-0.39, 0.29) is 17.3 Å². The van der Waals surface area contributed by atoms with E-state index in [1.165, 1.54) is 31.9 Å². The van der Waals surface area contributed by atoms with Crippen molar-refractivity contribution in [3.05, 3.63) is 64.7 Å². The van der Waals surface area contributed by atoms with Crippen molar-refractivity contribution in [2.75, 3.05) is 26.7 Å². The molecule has 6 nitrogen and oxygen atoms in total. The van der Waals surface area contributed by atoms with Crippen LogP contribution in [0.4, 0.5) is 0 Å². The van der Waals surface area contributed by atoms with E-state index in [2.05, 4.69) is 16.3 Å². The van der Waals surface area contributed by atoms with E-state index < -0.39 is 10.0 Å². The minimum absolute atomic E-state index is 0.206. The summed E-state index contributed by atoms with van der Waals surface area (Å²) in [5.74, 6) is -0.317. The van der Waals surface area contributed by atoms with Crippen LogP contribution in [0, 0.1) is 13.8 Å². The molecule has 1 heterocycles. The molecule has 3 rings (SSSR count). The molecule has 1 N–H and O–H groups in total. The number of aryl methyl sites for hydroxylation is 2. The number of piperidine rings is 1. The second kappa shape index (κ2) is 10.4. The summed E-state index contributed by atoms with van der Waals surface area (Å²) in [6.07, 6.45) is 3.77. The second-order valence-corrected chi connectivity index (χ2v) is 10.4. The van der Waals surface area contributed by atoms with Crippen LogP contribution in [0.2, 0.25) is 0 Å². The minimum atomic E-state index is -3.72. The van der Waals surface area contributed by atoms with Gasteiger partial charge in [-0.05, 0) is 74.2 Å². The fraction of sp³-hybridized carbons (Fsp3) is 0.458. The molecule has 1 aliphatic rings. The Hall–Kier alpha value is -2.22. The third-order valence-electron chi connectivity index (χ3n) is 5.99. The lowest BCUT2D eigenvalue weighted by Gasteiger charge is -2.27. The maximum atomic E-state index is 12.8. The summed E-state index contributed by atoms with van der Waals surface area (Å²) in [7, 11) is -2.28. The Balaban J connectivity index is 1.59. The second-order valence-electron chi connectivity index (χ2n) is 8.39. The molecule has 31 heavy (non-hydrogen) atoms. The molecule has 0 saturated carbocycles. The van der Waals surface area contributed by atoms with Crippen molar-refractivity contribution in [2.24, 2.45) is 0 Å². The summed E-state index contributed by atoms with van der Waals surface area (Å²) >= 11 is 0. The van der Waals surface area contributed by atoms with E-state index in [9.17, 15) is 13.2 Å². The quantitative estimate of drug-likeness (QED) is 0.680. The van der Waals surface area contributed by atoms with Crippen LogP contribution < -0.4 is 5.32 Å². The van der Waals surface area contributed by atoms with E-state index in [0.717, 1.165) is 40.6 Å². The SMILES string of the molecule is Cc1ccc(S(=O)(=O)N(C)CC(=O)NCc2ccccc2CN2CCCCC2)cc1C. The first-order valence-corrected chi connectivity index (χ1v) is 12.3. The standard InChI is InChI=1S/C24H33N3O3S/c1-19-11-12-23(15-20(19)2)31(29,30)26(3)18-24(28)25-16-21-9-5-6-10-22(21)17-27-13-7-4-8-14-27/h5-6,9-12,15H,4,7-8,13-14,16-18H2,1-3H3,(H,25,28). The van der Waals surface area contributed by atoms with E-state index in [1.807, 2.05) is 32.0 Å². The zero-order valence-corrected chi connectivity index (χ0v) is 19.5. The Morgan fingerprint density at radius 3 is 2.35 bits per heavy atom. The summed E-state index contributed by atoms with van der Waals surface area (Å²) < 4.78 is 26.7. The Labute approximate surface area is 186 Å². The molecule has 0 aromatic heterocycles. The predicted octanol–water partition coefficient (Wildman–Crippen LogP) is 3.23. The average molecular weight is 444 g/mol. The molecule has 1 aliphatic heterocycles. The van der Waals surface area contributed by atoms with Crippen molar-refractivity contribution in [3.63, 3.8) is 0 Å². The van der Waals surface area contributed by atoms with Crippen LogP contribution in [0.15, 0.2) is 47.4 Å². The number of sulfonamides is 1. The van der Waals surface area contributed by atoms with Crippen LogP contribution in [-0.4, -0.2) is 50.2 Å². The summed E-state index contributed by atoms with van der Waals surface area (Å²) in [4.78, 5) is 15.2. The lowest BCUT2D eigenvalue weighted by molar-refractivity contribution is -0.121. The van der Waals surface area contributed by atoms with Crippen molar-refractivity contribution in [2.45, 2.75) is 51.1 Å². The van der Waals surface area contributed by atoms with Gasteiger partial charge in [-0.1, -0.05) is 36.8 Å². The van der Waals surface area contributed by atoms with Gasteiger partial charge in [0.1, 0.15) is 0 Å². The third-order valence-corrected chi connectivity index (χ3v) is 7.79. The summed E-state index contributed by atoms with van der Waals surface area (Å²) in [5, 5.41) is 2.89. The smallest absolute Gasteiger partial charge is 0.243 e. The van der Waals surface area contributed by atoms with Gasteiger partial charge in [0, 0.05) is 20.1 Å². The number of carbonyl (C=O) groups is 1. The van der Waals surface area contributed by atoms with Gasteiger partial charge in [0.15, 0.2) is 0 Å². The Morgan fingerprint density at radius 2 is 1.68 bits per heavy atom. The number of likely N-dealkylation sites (tertiary alicyclic amines) is 1. The fourth-order valence-corrected chi connectivity index (χ4v) is 5.05. The highest BCUT2D eigenvalue weighted by Gasteiger charge is 2.23. The first-order valence-electron chi connectivity index (χ1n) is 10.9. The number of amides is 1. The molecule has 2 aromatic carbocycles. The number of hydrogen-bond donors (Lipinski definition) is 1. The van der Waals surface area contributed by atoms with Crippen LogP contribution in [0.3, 0.4) is 0 Å². The molecule has 1 amide bonds. The number of carbonyl (C=O) groups excluding carboxylic acids is 1. The van der Waals surface area contributed by atoms with Crippen LogP contribution in [0.25, 0.3) is 0 Å². The molecule has 0 atom stereocenters. The van der Waals surface area contributed by atoms with Crippen molar-refractivity contribution < 1.29 is 13.2 Å². The van der Waals surface area contributed by atoms with Crippen LogP contribution in [0.5, 0.6) is 0 Å². The first kappa shape index (κ1) is 23.4. The lowest BCUT2D eigenvalue weighted by Crippen LogP contribution is -2.38. The maximum Gasteiger partial charge on any atom is 0.243 e. The normalized spacial score (nSPS) is 15.2. The molecule has 7 heteroatoms. The van der Waals surface area contributed by atoms with Gasteiger partial charge >= 0.3 is 0 Å². The highest BCUT2D eigenvalue weighted by atomic mass is 32.2. The Bertz CT molecular complexity index is 1010. The molecule has 1 fully saturated rings. The Morgan fingerprint density at radius 1 is 1.00 bits per heavy atom. The predicted molar refractivity (Wildman–Crippen MR) is 123 cm³/mol. The van der Waals surface area contributed by atoms with Crippen LogP contribution in [0.1, 0.15) is 41.5 Å². The van der Waals surface area contributed by atoms with Crippen molar-refractivity contribution >= 4 is 15.9 Å². The zero-order valence-electron chi connectivity index (χ0n) is 18.7. The van der Waals surface area contributed by atoms with E-state index in [4.69, 9.17) is 0 Å². The van der Waals surface area contributed by atoms with Gasteiger partial charge in [-0.25, -0.2) is 8.42 Å². The molecule has 0 bridgehead atoms. The van der Waals surface area contributed by atoms with Crippen LogP contribution >= 0.6 is 0 Å². The number of benzene rings is 2. The Kier molecular flexibility index (Phi) is 7.86.